The van der Waals surface area contributed by atoms with Crippen molar-refractivity contribution in [3.05, 3.63) is 35.9 Å². The molecule has 0 N–H and O–H groups in total. The molecule has 150 valence electrons. The van der Waals surface area contributed by atoms with Crippen molar-refractivity contribution in [1.29, 1.82) is 0 Å². The van der Waals surface area contributed by atoms with Gasteiger partial charge >= 0.3 is 11.9 Å². The van der Waals surface area contributed by atoms with Crippen molar-refractivity contribution in [2.24, 2.45) is 0 Å². The molecule has 0 aliphatic carbocycles. The summed E-state index contributed by atoms with van der Waals surface area (Å²) in [7, 11) is 0. The van der Waals surface area contributed by atoms with Gasteiger partial charge in [0.05, 0.1) is 13.2 Å². The second kappa shape index (κ2) is 11.8. The smallest absolute Gasteiger partial charge is 0.306 e. The summed E-state index contributed by atoms with van der Waals surface area (Å²) in [6.07, 6.45) is 8.03. The molecule has 1 saturated heterocycles. The molecular formula is C22H32O5. The van der Waals surface area contributed by atoms with E-state index in [1.165, 1.54) is 19.3 Å². The highest BCUT2D eigenvalue weighted by Gasteiger charge is 2.42. The molecule has 1 fully saturated rings. The maximum atomic E-state index is 12.0. The molecule has 0 amide bonds. The Balaban J connectivity index is 1.70. The van der Waals surface area contributed by atoms with Crippen LogP contribution in [0.3, 0.4) is 0 Å². The summed E-state index contributed by atoms with van der Waals surface area (Å²) >= 11 is 0. The first-order chi connectivity index (χ1) is 13.1. The molecule has 0 saturated carbocycles. The fraction of sp³-hybridized carbons (Fsp3) is 0.636. The number of rotatable bonds is 13. The van der Waals surface area contributed by atoms with Gasteiger partial charge in [0.2, 0.25) is 0 Å². The molecule has 1 aromatic rings. The second-order valence-electron chi connectivity index (χ2n) is 7.31. The second-order valence-corrected chi connectivity index (χ2v) is 7.31. The lowest BCUT2D eigenvalue weighted by Crippen LogP contribution is -2.40. The molecule has 5 nitrogen and oxygen atoms in total. The van der Waals surface area contributed by atoms with Crippen LogP contribution in [-0.2, 0) is 30.4 Å². The minimum Gasteiger partial charge on any atom is -0.461 e. The van der Waals surface area contributed by atoms with E-state index in [0.29, 0.717) is 25.9 Å². The summed E-state index contributed by atoms with van der Waals surface area (Å²) in [6.45, 7) is 2.93. The van der Waals surface area contributed by atoms with Crippen molar-refractivity contribution in [2.45, 2.75) is 76.9 Å². The van der Waals surface area contributed by atoms with Gasteiger partial charge in [-0.15, -0.1) is 0 Å². The van der Waals surface area contributed by atoms with Crippen LogP contribution < -0.4 is 0 Å². The molecular weight excluding hydrogens is 344 g/mol. The van der Waals surface area contributed by atoms with Crippen LogP contribution >= 0.6 is 0 Å². The number of esters is 2. The van der Waals surface area contributed by atoms with Gasteiger partial charge < -0.3 is 14.2 Å². The summed E-state index contributed by atoms with van der Waals surface area (Å²) in [5.74, 6) is -0.485. The van der Waals surface area contributed by atoms with Crippen LogP contribution in [-0.4, -0.2) is 30.8 Å². The molecule has 1 aliphatic rings. The van der Waals surface area contributed by atoms with Crippen molar-refractivity contribution in [1.82, 2.24) is 0 Å². The molecule has 0 aromatic heterocycles. The first-order valence-electron chi connectivity index (χ1n) is 10.1. The maximum Gasteiger partial charge on any atom is 0.306 e. The normalized spacial score (nSPS) is 19.1. The van der Waals surface area contributed by atoms with Gasteiger partial charge in [-0.1, -0.05) is 69.4 Å². The van der Waals surface area contributed by atoms with Gasteiger partial charge in [-0.25, -0.2) is 0 Å². The third-order valence-corrected chi connectivity index (χ3v) is 4.82. The van der Waals surface area contributed by atoms with Gasteiger partial charge in [0.25, 0.3) is 0 Å². The Morgan fingerprint density at radius 2 is 1.81 bits per heavy atom. The van der Waals surface area contributed by atoms with Gasteiger partial charge in [0.1, 0.15) is 6.61 Å². The average molecular weight is 376 g/mol. The topological polar surface area (TPSA) is 61.8 Å². The summed E-state index contributed by atoms with van der Waals surface area (Å²) in [5, 5.41) is 0. The van der Waals surface area contributed by atoms with Crippen LogP contribution in [0.1, 0.15) is 70.3 Å². The summed E-state index contributed by atoms with van der Waals surface area (Å²) in [4.78, 5) is 23.6. The Morgan fingerprint density at radius 3 is 2.52 bits per heavy atom. The van der Waals surface area contributed by atoms with Crippen molar-refractivity contribution < 1.29 is 23.8 Å². The van der Waals surface area contributed by atoms with E-state index in [2.05, 4.69) is 6.92 Å². The monoisotopic (exact) mass is 376 g/mol. The standard InChI is InChI=1S/C22H32O5/c1-2-3-4-5-6-10-13-20(23)26-18-22(15-14-21(24)27-22)17-25-16-19-11-8-7-9-12-19/h7-9,11-12H,2-6,10,13-18H2,1H3. The molecule has 1 aliphatic heterocycles. The predicted octanol–water partition coefficient (Wildman–Crippen LogP) is 4.57. The Labute approximate surface area is 162 Å². The van der Waals surface area contributed by atoms with E-state index >= 15 is 0 Å². The molecule has 2 rings (SSSR count). The van der Waals surface area contributed by atoms with Crippen molar-refractivity contribution in [2.75, 3.05) is 13.2 Å². The van der Waals surface area contributed by atoms with Gasteiger partial charge in [-0.3, -0.25) is 9.59 Å². The number of benzene rings is 1. The number of cyclic esters (lactones) is 1. The minimum atomic E-state index is -0.845. The van der Waals surface area contributed by atoms with Crippen molar-refractivity contribution in [3.8, 4) is 0 Å². The quantitative estimate of drug-likeness (QED) is 0.373. The SMILES string of the molecule is CCCCCCCCC(=O)OCC1(COCc2ccccc2)CCC(=O)O1. The van der Waals surface area contributed by atoms with E-state index in [1.54, 1.807) is 0 Å². The Bertz CT molecular complexity index is 571. The third-order valence-electron chi connectivity index (χ3n) is 4.82. The van der Waals surface area contributed by atoms with Crippen LogP contribution in [0, 0.1) is 0 Å². The van der Waals surface area contributed by atoms with Crippen LogP contribution in [0.5, 0.6) is 0 Å². The van der Waals surface area contributed by atoms with E-state index in [0.717, 1.165) is 24.8 Å². The van der Waals surface area contributed by atoms with Gasteiger partial charge in [0.15, 0.2) is 5.60 Å². The van der Waals surface area contributed by atoms with Crippen LogP contribution in [0.2, 0.25) is 0 Å². The maximum absolute atomic E-state index is 12.0. The zero-order valence-electron chi connectivity index (χ0n) is 16.4. The minimum absolute atomic E-state index is 0.0716. The van der Waals surface area contributed by atoms with Crippen LogP contribution in [0.15, 0.2) is 30.3 Å². The number of carbonyl (C=O) groups is 2. The number of ether oxygens (including phenoxy) is 3. The van der Waals surface area contributed by atoms with Crippen LogP contribution in [0.4, 0.5) is 0 Å². The van der Waals surface area contributed by atoms with E-state index < -0.39 is 5.60 Å². The fourth-order valence-corrected chi connectivity index (χ4v) is 3.18. The van der Waals surface area contributed by atoms with Gasteiger partial charge in [-0.05, 0) is 12.0 Å². The average Bonchev–Trinajstić information content (AvgIpc) is 3.05. The summed E-state index contributed by atoms with van der Waals surface area (Å²) in [5.41, 5.74) is 0.208. The summed E-state index contributed by atoms with van der Waals surface area (Å²) in [6, 6.07) is 9.82. The van der Waals surface area contributed by atoms with Gasteiger partial charge in [-0.2, -0.15) is 0 Å². The zero-order chi connectivity index (χ0) is 19.4. The molecule has 1 unspecified atom stereocenters. The first kappa shape index (κ1) is 21.4. The molecule has 0 spiro atoms. The highest BCUT2D eigenvalue weighted by Crippen LogP contribution is 2.28. The third kappa shape index (κ3) is 8.12. The molecule has 1 atom stereocenters. The Kier molecular flexibility index (Phi) is 9.32. The first-order valence-corrected chi connectivity index (χ1v) is 10.1. The van der Waals surface area contributed by atoms with E-state index in [9.17, 15) is 9.59 Å². The fourth-order valence-electron chi connectivity index (χ4n) is 3.18. The predicted molar refractivity (Wildman–Crippen MR) is 103 cm³/mol. The van der Waals surface area contributed by atoms with Gasteiger partial charge in [0, 0.05) is 19.3 Å². The van der Waals surface area contributed by atoms with Crippen LogP contribution in [0.25, 0.3) is 0 Å². The number of hydrogen-bond donors (Lipinski definition) is 0. The lowest BCUT2D eigenvalue weighted by atomic mass is 10.0. The zero-order valence-corrected chi connectivity index (χ0v) is 16.4. The summed E-state index contributed by atoms with van der Waals surface area (Å²) < 4.78 is 16.6. The molecule has 1 aromatic carbocycles. The molecule has 0 radical (unpaired) electrons. The largest absolute Gasteiger partial charge is 0.461 e. The number of carbonyl (C=O) groups excluding carboxylic acids is 2. The lowest BCUT2D eigenvalue weighted by molar-refractivity contribution is -0.169. The highest BCUT2D eigenvalue weighted by atomic mass is 16.6. The lowest BCUT2D eigenvalue weighted by Gasteiger charge is -2.27. The Hall–Kier alpha value is -1.88. The number of unbranched alkanes of at least 4 members (excludes halogenated alkanes) is 5. The molecule has 1 heterocycles. The highest BCUT2D eigenvalue weighted by molar-refractivity contribution is 5.72. The van der Waals surface area contributed by atoms with E-state index in [1.807, 2.05) is 30.3 Å². The van der Waals surface area contributed by atoms with Crippen molar-refractivity contribution >= 4 is 11.9 Å². The van der Waals surface area contributed by atoms with E-state index in [-0.39, 0.29) is 25.2 Å². The Morgan fingerprint density at radius 1 is 1.07 bits per heavy atom. The molecule has 27 heavy (non-hydrogen) atoms. The number of hydrogen-bond acceptors (Lipinski definition) is 5. The van der Waals surface area contributed by atoms with Crippen molar-refractivity contribution in [3.63, 3.8) is 0 Å². The molecule has 0 bridgehead atoms. The molecule has 5 heteroatoms. The van der Waals surface area contributed by atoms with E-state index in [4.69, 9.17) is 14.2 Å².